The number of aromatic nitrogens is 2. The van der Waals surface area contributed by atoms with Crippen LogP contribution < -0.4 is 4.74 Å². The number of carbonyl (C=O) groups excluding carboxylic acids is 1. The molecule has 49 heavy (non-hydrogen) atoms. The van der Waals surface area contributed by atoms with Gasteiger partial charge in [-0.25, -0.2) is 4.98 Å². The molecule has 2 aromatic rings. The summed E-state index contributed by atoms with van der Waals surface area (Å²) in [5.41, 5.74) is -0.513. The first-order valence-corrected chi connectivity index (χ1v) is 17.8. The lowest BCUT2D eigenvalue weighted by atomic mass is 9.89. The number of carbonyl (C=O) groups is 2. The van der Waals surface area contributed by atoms with E-state index in [0.717, 1.165) is 43.1 Å². The van der Waals surface area contributed by atoms with Crippen LogP contribution >= 0.6 is 11.6 Å². The molecule has 0 spiro atoms. The monoisotopic (exact) mass is 700 g/mol. The zero-order valence-electron chi connectivity index (χ0n) is 31.1. The van der Waals surface area contributed by atoms with Crippen LogP contribution in [-0.2, 0) is 9.59 Å². The standard InChI is InChI=1S/C20H32O2.C15H17ClN2O2.C5H14NO/c1-2-3-4-5-6-7-8-9-10-11-12-13-14-15-16-17-18-19-20(21)22;1-15(2,3)13(19)14(18-9-8-17-10-18)20-12-6-4-11(16)5-7-12;1-6(2,3)4-5-7/h6-7,9-10,12-13,15-16H,2-5,8,11,14,17-19H2,1H3,(H,21,22);4-10,14H,1-3H3;7H,4-5H2,1-3H3/q;;+1/b7-6-,10-9-,13-12-,16-15-;;. The number of aliphatic hydroxyl groups is 1. The van der Waals surface area contributed by atoms with Gasteiger partial charge < -0.3 is 19.4 Å². The van der Waals surface area contributed by atoms with Crippen molar-refractivity contribution in [1.82, 2.24) is 9.55 Å². The molecule has 1 aromatic heterocycles. The summed E-state index contributed by atoms with van der Waals surface area (Å²) in [6.45, 7) is 8.94. The minimum Gasteiger partial charge on any atom is -0.481 e. The Morgan fingerprint density at radius 3 is 1.84 bits per heavy atom. The van der Waals surface area contributed by atoms with E-state index in [1.807, 2.05) is 20.8 Å². The number of benzene rings is 1. The van der Waals surface area contributed by atoms with Crippen LogP contribution in [0.15, 0.2) is 91.6 Å². The van der Waals surface area contributed by atoms with E-state index in [-0.39, 0.29) is 18.8 Å². The number of aliphatic carboxylic acids is 1. The molecule has 9 heteroatoms. The first kappa shape index (κ1) is 45.5. The van der Waals surface area contributed by atoms with Crippen molar-refractivity contribution in [2.24, 2.45) is 5.41 Å². The van der Waals surface area contributed by atoms with Gasteiger partial charge in [0.05, 0.1) is 34.1 Å². The lowest BCUT2D eigenvalue weighted by molar-refractivity contribution is -0.870. The Hall–Kier alpha value is -3.46. The molecule has 2 N–H and O–H groups in total. The summed E-state index contributed by atoms with van der Waals surface area (Å²) >= 11 is 5.85. The van der Waals surface area contributed by atoms with Gasteiger partial charge in [-0.15, -0.1) is 0 Å². The van der Waals surface area contributed by atoms with E-state index in [4.69, 9.17) is 26.6 Å². The Morgan fingerprint density at radius 2 is 1.43 bits per heavy atom. The highest BCUT2D eigenvalue weighted by molar-refractivity contribution is 6.30. The molecule has 0 saturated heterocycles. The molecule has 1 atom stereocenters. The second kappa shape index (κ2) is 27.4. The summed E-state index contributed by atoms with van der Waals surface area (Å²) in [7, 11) is 6.16. The Morgan fingerprint density at radius 1 is 0.898 bits per heavy atom. The molecule has 0 amide bonds. The molecule has 0 fully saturated rings. The van der Waals surface area contributed by atoms with Gasteiger partial charge in [0.25, 0.3) is 0 Å². The number of ketones is 1. The largest absolute Gasteiger partial charge is 0.481 e. The number of ether oxygens (including phenoxy) is 1. The van der Waals surface area contributed by atoms with Crippen LogP contribution in [-0.4, -0.2) is 70.3 Å². The number of quaternary nitrogens is 1. The smallest absolute Gasteiger partial charge is 0.303 e. The number of carboxylic acid groups (broad SMARTS) is 1. The summed E-state index contributed by atoms with van der Waals surface area (Å²) in [4.78, 5) is 26.8. The molecule has 0 aliphatic carbocycles. The molecular weight excluding hydrogens is 638 g/mol. The number of carboxylic acids is 1. The molecule has 8 nitrogen and oxygen atoms in total. The van der Waals surface area contributed by atoms with E-state index in [9.17, 15) is 9.59 Å². The zero-order valence-corrected chi connectivity index (χ0v) is 31.8. The third kappa shape index (κ3) is 27.1. The normalized spacial score (nSPS) is 12.6. The van der Waals surface area contributed by atoms with Crippen molar-refractivity contribution in [3.05, 3.63) is 96.6 Å². The van der Waals surface area contributed by atoms with Crippen LogP contribution in [0.5, 0.6) is 5.75 Å². The molecule has 1 aromatic carbocycles. The lowest BCUT2D eigenvalue weighted by Gasteiger charge is -2.26. The lowest BCUT2D eigenvalue weighted by Crippen LogP contribution is -2.36. The molecule has 2 rings (SSSR count). The van der Waals surface area contributed by atoms with Gasteiger partial charge in [0.1, 0.15) is 12.3 Å². The predicted molar refractivity (Wildman–Crippen MR) is 204 cm³/mol. The summed E-state index contributed by atoms with van der Waals surface area (Å²) in [6.07, 6.45) is 31.5. The number of rotatable bonds is 20. The summed E-state index contributed by atoms with van der Waals surface area (Å²) in [6, 6.07) is 6.93. The van der Waals surface area contributed by atoms with Crippen molar-refractivity contribution in [3.63, 3.8) is 0 Å². The SMILES string of the molecule is CC(C)(C)C(=O)C(Oc1ccc(Cl)cc1)n1ccnc1.CCCCC/C=C\C/C=C\C/C=C\C/C=C\CCCC(=O)O.C[N+](C)(C)CCO. The van der Waals surface area contributed by atoms with Gasteiger partial charge in [-0.1, -0.05) is 101 Å². The van der Waals surface area contributed by atoms with Crippen molar-refractivity contribution in [1.29, 1.82) is 0 Å². The maximum Gasteiger partial charge on any atom is 0.303 e. The number of halogens is 1. The first-order chi connectivity index (χ1) is 23.2. The average Bonchev–Trinajstić information content (AvgIpc) is 3.56. The molecule has 0 saturated carbocycles. The van der Waals surface area contributed by atoms with Crippen LogP contribution in [0.2, 0.25) is 5.02 Å². The number of aliphatic hydroxyl groups excluding tert-OH is 1. The van der Waals surface area contributed by atoms with E-state index in [1.165, 1.54) is 25.7 Å². The number of nitrogens with zero attached hydrogens (tertiary/aromatic N) is 3. The Labute approximate surface area is 301 Å². The maximum atomic E-state index is 12.5. The second-order valence-corrected chi connectivity index (χ2v) is 14.1. The van der Waals surface area contributed by atoms with Crippen LogP contribution in [0.3, 0.4) is 0 Å². The topological polar surface area (TPSA) is 102 Å². The van der Waals surface area contributed by atoms with Gasteiger partial charge >= 0.3 is 5.97 Å². The average molecular weight is 701 g/mol. The minimum absolute atomic E-state index is 0.0227. The number of hydrogen-bond donors (Lipinski definition) is 2. The number of Topliss-reactive ketones (excluding diaryl/α,β-unsaturated/α-hetero) is 1. The van der Waals surface area contributed by atoms with Crippen molar-refractivity contribution in [3.8, 4) is 5.75 Å². The molecule has 0 radical (unpaired) electrons. The number of likely N-dealkylation sites (N-methyl/N-ethyl adjacent to an activating group) is 1. The quantitative estimate of drug-likeness (QED) is 0.0810. The first-order valence-electron chi connectivity index (χ1n) is 17.4. The van der Waals surface area contributed by atoms with E-state index >= 15 is 0 Å². The highest BCUT2D eigenvalue weighted by Gasteiger charge is 2.32. The molecule has 0 aliphatic heterocycles. The fourth-order valence-corrected chi connectivity index (χ4v) is 4.03. The van der Waals surface area contributed by atoms with Crippen LogP contribution in [0.4, 0.5) is 0 Å². The number of allylic oxidation sites excluding steroid dienone is 8. The van der Waals surface area contributed by atoms with E-state index in [0.29, 0.717) is 10.8 Å². The third-order valence-corrected chi connectivity index (χ3v) is 7.06. The van der Waals surface area contributed by atoms with Crippen molar-refractivity contribution in [2.45, 2.75) is 98.1 Å². The second-order valence-electron chi connectivity index (χ2n) is 13.7. The minimum atomic E-state index is -0.737. The van der Waals surface area contributed by atoms with Gasteiger partial charge in [0, 0.05) is 29.3 Å². The van der Waals surface area contributed by atoms with Crippen LogP contribution in [0.1, 0.15) is 98.1 Å². The Bertz CT molecular complexity index is 1240. The summed E-state index contributed by atoms with van der Waals surface area (Å²) in [5.74, 6) is -0.146. The highest BCUT2D eigenvalue weighted by Crippen LogP contribution is 2.27. The van der Waals surface area contributed by atoms with Gasteiger partial charge in [-0.2, -0.15) is 0 Å². The Balaban J connectivity index is 0.000000789. The van der Waals surface area contributed by atoms with Crippen molar-refractivity contribution >= 4 is 23.4 Å². The van der Waals surface area contributed by atoms with Gasteiger partial charge in [-0.3, -0.25) is 14.2 Å². The van der Waals surface area contributed by atoms with Crippen molar-refractivity contribution in [2.75, 3.05) is 34.3 Å². The molecule has 1 unspecified atom stereocenters. The van der Waals surface area contributed by atoms with Crippen molar-refractivity contribution < 1.29 is 29.0 Å². The Kier molecular flexibility index (Phi) is 25.4. The summed E-state index contributed by atoms with van der Waals surface area (Å²) < 4.78 is 8.32. The van der Waals surface area contributed by atoms with Crippen LogP contribution in [0.25, 0.3) is 0 Å². The number of imidazole rings is 1. The molecule has 1 heterocycles. The van der Waals surface area contributed by atoms with Crippen LogP contribution in [0, 0.1) is 5.41 Å². The predicted octanol–water partition coefficient (Wildman–Crippen LogP) is 9.63. The number of hydrogen-bond acceptors (Lipinski definition) is 5. The fourth-order valence-electron chi connectivity index (χ4n) is 3.90. The van der Waals surface area contributed by atoms with E-state index < -0.39 is 17.6 Å². The fraction of sp³-hybridized carbons (Fsp3) is 0.525. The van der Waals surface area contributed by atoms with E-state index in [1.54, 1.807) is 47.6 Å². The zero-order chi connectivity index (χ0) is 37.0. The molecule has 0 bridgehead atoms. The highest BCUT2D eigenvalue weighted by atomic mass is 35.5. The molecule has 0 aliphatic rings. The van der Waals surface area contributed by atoms with Gasteiger partial charge in [0.2, 0.25) is 6.23 Å². The molecular formula is C40H63ClN3O5+. The third-order valence-electron chi connectivity index (χ3n) is 6.81. The molecule has 274 valence electrons. The van der Waals surface area contributed by atoms with E-state index in [2.05, 4.69) is 81.7 Å². The van der Waals surface area contributed by atoms with Gasteiger partial charge in [-0.05, 0) is 69.2 Å². The van der Waals surface area contributed by atoms with Gasteiger partial charge in [0.15, 0.2) is 5.78 Å². The summed E-state index contributed by atoms with van der Waals surface area (Å²) in [5, 5.41) is 17.5. The maximum absolute atomic E-state index is 12.5. The number of unbranched alkanes of at least 4 members (excludes halogenated alkanes) is 4.